The first-order valence-corrected chi connectivity index (χ1v) is 6.66. The molecule has 0 bridgehead atoms. The molecule has 0 aliphatic carbocycles. The third kappa shape index (κ3) is 6.35. The van der Waals surface area contributed by atoms with E-state index in [1.807, 2.05) is 32.0 Å². The van der Waals surface area contributed by atoms with Crippen LogP contribution in [0.15, 0.2) is 28.7 Å². The number of nitrogens with two attached hydrogens (primary N) is 1. The van der Waals surface area contributed by atoms with Crippen molar-refractivity contribution >= 4 is 33.4 Å². The SMILES string of the molecule is CC(C)(CC(N)=O)NCC(=O)Nc1cccc(Br)c1. The third-order valence-electron chi connectivity index (χ3n) is 2.45. The number of rotatable bonds is 6. The first-order valence-electron chi connectivity index (χ1n) is 5.87. The van der Waals surface area contributed by atoms with E-state index in [1.54, 1.807) is 6.07 Å². The Morgan fingerprint density at radius 3 is 2.63 bits per heavy atom. The fraction of sp³-hybridized carbons (Fsp3) is 0.385. The Kier molecular flexibility index (Phi) is 5.50. The smallest absolute Gasteiger partial charge is 0.238 e. The number of primary amides is 1. The molecule has 1 aromatic rings. The molecule has 19 heavy (non-hydrogen) atoms. The van der Waals surface area contributed by atoms with Crippen LogP contribution in [0.1, 0.15) is 20.3 Å². The van der Waals surface area contributed by atoms with Crippen LogP contribution in [0.4, 0.5) is 5.69 Å². The van der Waals surface area contributed by atoms with Crippen LogP contribution >= 0.6 is 15.9 Å². The highest BCUT2D eigenvalue weighted by atomic mass is 79.9. The third-order valence-corrected chi connectivity index (χ3v) is 2.95. The van der Waals surface area contributed by atoms with Gasteiger partial charge in [0.05, 0.1) is 6.54 Å². The molecule has 0 aliphatic heterocycles. The minimum atomic E-state index is -0.500. The second kappa shape index (κ2) is 6.68. The maximum Gasteiger partial charge on any atom is 0.238 e. The predicted molar refractivity (Wildman–Crippen MR) is 78.7 cm³/mol. The van der Waals surface area contributed by atoms with Gasteiger partial charge in [0.15, 0.2) is 0 Å². The van der Waals surface area contributed by atoms with Gasteiger partial charge in [-0.05, 0) is 32.0 Å². The number of anilines is 1. The summed E-state index contributed by atoms with van der Waals surface area (Å²) in [6.45, 7) is 3.76. The van der Waals surface area contributed by atoms with Gasteiger partial charge in [-0.1, -0.05) is 22.0 Å². The summed E-state index contributed by atoms with van der Waals surface area (Å²) in [5.74, 6) is -0.569. The molecule has 1 aromatic carbocycles. The average Bonchev–Trinajstić information content (AvgIpc) is 2.25. The lowest BCUT2D eigenvalue weighted by Crippen LogP contribution is -2.46. The van der Waals surface area contributed by atoms with Crippen LogP contribution in [-0.2, 0) is 9.59 Å². The van der Waals surface area contributed by atoms with Gasteiger partial charge in [-0.3, -0.25) is 9.59 Å². The van der Waals surface area contributed by atoms with E-state index in [0.717, 1.165) is 4.47 Å². The first-order chi connectivity index (χ1) is 8.78. The second-order valence-electron chi connectivity index (χ2n) is 4.94. The van der Waals surface area contributed by atoms with Gasteiger partial charge >= 0.3 is 0 Å². The molecule has 0 atom stereocenters. The summed E-state index contributed by atoms with van der Waals surface area (Å²) in [7, 11) is 0. The normalized spacial score (nSPS) is 11.1. The van der Waals surface area contributed by atoms with E-state index in [1.165, 1.54) is 0 Å². The molecule has 104 valence electrons. The molecular formula is C13H18BrN3O2. The molecule has 5 nitrogen and oxygen atoms in total. The van der Waals surface area contributed by atoms with Crippen molar-refractivity contribution in [2.24, 2.45) is 5.73 Å². The first kappa shape index (κ1) is 15.7. The van der Waals surface area contributed by atoms with Crippen molar-refractivity contribution in [2.45, 2.75) is 25.8 Å². The number of benzene rings is 1. The lowest BCUT2D eigenvalue weighted by atomic mass is 10.0. The van der Waals surface area contributed by atoms with Gasteiger partial charge < -0.3 is 16.4 Å². The molecule has 0 aromatic heterocycles. The van der Waals surface area contributed by atoms with Gasteiger partial charge in [-0.2, -0.15) is 0 Å². The fourth-order valence-corrected chi connectivity index (χ4v) is 1.99. The van der Waals surface area contributed by atoms with Crippen LogP contribution in [0.25, 0.3) is 0 Å². The van der Waals surface area contributed by atoms with E-state index < -0.39 is 11.4 Å². The molecular weight excluding hydrogens is 310 g/mol. The number of amides is 2. The Balaban J connectivity index is 2.46. The van der Waals surface area contributed by atoms with Crippen molar-refractivity contribution in [3.05, 3.63) is 28.7 Å². The number of nitrogens with one attached hydrogen (secondary N) is 2. The van der Waals surface area contributed by atoms with Gasteiger partial charge in [0, 0.05) is 22.1 Å². The number of halogens is 1. The summed E-state index contributed by atoms with van der Waals surface area (Å²) >= 11 is 3.33. The summed E-state index contributed by atoms with van der Waals surface area (Å²) in [5, 5.41) is 5.76. The van der Waals surface area contributed by atoms with Gasteiger partial charge in [0.1, 0.15) is 0 Å². The zero-order chi connectivity index (χ0) is 14.5. The van der Waals surface area contributed by atoms with Gasteiger partial charge in [0.25, 0.3) is 0 Å². The molecule has 0 unspecified atom stereocenters. The Labute approximate surface area is 121 Å². The van der Waals surface area contributed by atoms with Crippen molar-refractivity contribution in [2.75, 3.05) is 11.9 Å². The topological polar surface area (TPSA) is 84.2 Å². The van der Waals surface area contributed by atoms with Crippen LogP contribution in [0, 0.1) is 0 Å². The van der Waals surface area contributed by atoms with E-state index in [2.05, 4.69) is 26.6 Å². The standard InChI is InChI=1S/C13H18BrN3O2/c1-13(2,7-11(15)18)16-8-12(19)17-10-5-3-4-9(14)6-10/h3-6,16H,7-8H2,1-2H3,(H2,15,18)(H,17,19). The van der Waals surface area contributed by atoms with Crippen LogP contribution in [0.5, 0.6) is 0 Å². The van der Waals surface area contributed by atoms with Crippen molar-refractivity contribution in [3.8, 4) is 0 Å². The van der Waals surface area contributed by atoms with E-state index in [0.29, 0.717) is 5.69 Å². The van der Waals surface area contributed by atoms with Crippen molar-refractivity contribution in [1.82, 2.24) is 5.32 Å². The molecule has 0 saturated heterocycles. The van der Waals surface area contributed by atoms with Crippen molar-refractivity contribution in [3.63, 3.8) is 0 Å². The molecule has 0 aliphatic rings. The quantitative estimate of drug-likeness (QED) is 0.742. The van der Waals surface area contributed by atoms with Crippen LogP contribution < -0.4 is 16.4 Å². The monoisotopic (exact) mass is 327 g/mol. The Hall–Kier alpha value is -1.40. The van der Waals surface area contributed by atoms with Gasteiger partial charge in [-0.25, -0.2) is 0 Å². The lowest BCUT2D eigenvalue weighted by Gasteiger charge is -2.24. The van der Waals surface area contributed by atoms with Crippen LogP contribution in [0.2, 0.25) is 0 Å². The molecule has 0 spiro atoms. The van der Waals surface area contributed by atoms with E-state index in [4.69, 9.17) is 5.73 Å². The van der Waals surface area contributed by atoms with E-state index >= 15 is 0 Å². The summed E-state index contributed by atoms with van der Waals surface area (Å²) in [5.41, 5.74) is 5.36. The number of carbonyl (C=O) groups is 2. The molecule has 6 heteroatoms. The highest BCUT2D eigenvalue weighted by Gasteiger charge is 2.20. The molecule has 0 heterocycles. The average molecular weight is 328 g/mol. The maximum atomic E-state index is 11.8. The number of hydrogen-bond donors (Lipinski definition) is 3. The maximum absolute atomic E-state index is 11.8. The summed E-state index contributed by atoms with van der Waals surface area (Å²) < 4.78 is 0.896. The summed E-state index contributed by atoms with van der Waals surface area (Å²) in [4.78, 5) is 22.6. The molecule has 0 saturated carbocycles. The minimum Gasteiger partial charge on any atom is -0.370 e. The minimum absolute atomic E-state index is 0.118. The molecule has 4 N–H and O–H groups in total. The molecule has 2 amide bonds. The highest BCUT2D eigenvalue weighted by Crippen LogP contribution is 2.15. The Bertz CT molecular complexity index is 475. The summed E-state index contributed by atoms with van der Waals surface area (Å²) in [6, 6.07) is 7.33. The molecule has 0 fully saturated rings. The Morgan fingerprint density at radius 1 is 1.37 bits per heavy atom. The van der Waals surface area contributed by atoms with Gasteiger partial charge in [-0.15, -0.1) is 0 Å². The zero-order valence-electron chi connectivity index (χ0n) is 11.0. The fourth-order valence-electron chi connectivity index (χ4n) is 1.59. The summed E-state index contributed by atoms with van der Waals surface area (Å²) in [6.07, 6.45) is 0.178. The van der Waals surface area contributed by atoms with Crippen molar-refractivity contribution < 1.29 is 9.59 Å². The van der Waals surface area contributed by atoms with Crippen LogP contribution in [0.3, 0.4) is 0 Å². The molecule has 0 radical (unpaired) electrons. The highest BCUT2D eigenvalue weighted by molar-refractivity contribution is 9.10. The number of hydrogen-bond acceptors (Lipinski definition) is 3. The number of carbonyl (C=O) groups excluding carboxylic acids is 2. The largest absolute Gasteiger partial charge is 0.370 e. The van der Waals surface area contributed by atoms with Crippen molar-refractivity contribution in [1.29, 1.82) is 0 Å². The van der Waals surface area contributed by atoms with Gasteiger partial charge in [0.2, 0.25) is 11.8 Å². The van der Waals surface area contributed by atoms with Crippen LogP contribution in [-0.4, -0.2) is 23.9 Å². The lowest BCUT2D eigenvalue weighted by molar-refractivity contribution is -0.120. The second-order valence-corrected chi connectivity index (χ2v) is 5.85. The molecule has 1 rings (SSSR count). The Morgan fingerprint density at radius 2 is 2.05 bits per heavy atom. The predicted octanol–water partition coefficient (Wildman–Crippen LogP) is 1.63. The van der Waals surface area contributed by atoms with E-state index in [9.17, 15) is 9.59 Å². The van der Waals surface area contributed by atoms with E-state index in [-0.39, 0.29) is 18.9 Å². The zero-order valence-corrected chi connectivity index (χ0v) is 12.6.